The van der Waals surface area contributed by atoms with Crippen molar-refractivity contribution in [3.63, 3.8) is 0 Å². The van der Waals surface area contributed by atoms with Crippen molar-refractivity contribution in [3.05, 3.63) is 53.6 Å². The number of hydrazone groups is 1. The smallest absolute Gasteiger partial charge is 0.259 e. The molecule has 0 aliphatic carbocycles. The number of nitrogens with one attached hydrogen (secondary N) is 2. The Labute approximate surface area is 157 Å². The predicted octanol–water partition coefficient (Wildman–Crippen LogP) is 1.59. The maximum absolute atomic E-state index is 12.1. The standard InChI is InChI=1S/C19H21N3O5/c1-25-14-9-8-13(17(10-14)27-3)11-21-22-18(23)12-20-19(24)15-6-4-5-7-16(15)26-2/h4-11H,12H2,1-3H3,(H,20,24)(H,22,23). The van der Waals surface area contributed by atoms with Crippen LogP contribution in [-0.4, -0.2) is 45.9 Å². The van der Waals surface area contributed by atoms with Crippen molar-refractivity contribution in [1.29, 1.82) is 0 Å². The zero-order valence-electron chi connectivity index (χ0n) is 15.3. The van der Waals surface area contributed by atoms with Crippen LogP contribution in [0.4, 0.5) is 0 Å². The Kier molecular flexibility index (Phi) is 7.18. The summed E-state index contributed by atoms with van der Waals surface area (Å²) in [5.74, 6) is 0.745. The topological polar surface area (TPSA) is 98.2 Å². The SMILES string of the molecule is COc1ccc(C=NNC(=O)CNC(=O)c2ccccc2OC)c(OC)c1. The van der Waals surface area contributed by atoms with Gasteiger partial charge in [-0.25, -0.2) is 5.43 Å². The second-order valence-electron chi connectivity index (χ2n) is 5.28. The second-order valence-corrected chi connectivity index (χ2v) is 5.28. The number of hydrogen-bond donors (Lipinski definition) is 2. The molecule has 0 spiro atoms. The molecule has 0 radical (unpaired) electrons. The van der Waals surface area contributed by atoms with Crippen LogP contribution in [0.5, 0.6) is 17.2 Å². The molecule has 2 aromatic carbocycles. The van der Waals surface area contributed by atoms with Gasteiger partial charge < -0.3 is 19.5 Å². The Hall–Kier alpha value is -3.55. The lowest BCUT2D eigenvalue weighted by Gasteiger charge is -2.08. The summed E-state index contributed by atoms with van der Waals surface area (Å²) >= 11 is 0. The van der Waals surface area contributed by atoms with Crippen molar-refractivity contribution in [2.45, 2.75) is 0 Å². The average molecular weight is 371 g/mol. The van der Waals surface area contributed by atoms with E-state index in [1.165, 1.54) is 20.4 Å². The lowest BCUT2D eigenvalue weighted by molar-refractivity contribution is -0.120. The number of nitrogens with zero attached hydrogens (tertiary/aromatic N) is 1. The first-order valence-electron chi connectivity index (χ1n) is 8.04. The molecule has 8 heteroatoms. The van der Waals surface area contributed by atoms with E-state index in [0.717, 1.165) is 0 Å². The van der Waals surface area contributed by atoms with Crippen molar-refractivity contribution >= 4 is 18.0 Å². The Morgan fingerprint density at radius 2 is 1.74 bits per heavy atom. The lowest BCUT2D eigenvalue weighted by atomic mass is 10.2. The van der Waals surface area contributed by atoms with E-state index in [0.29, 0.717) is 28.4 Å². The van der Waals surface area contributed by atoms with Gasteiger partial charge in [0, 0.05) is 11.6 Å². The summed E-state index contributed by atoms with van der Waals surface area (Å²) in [7, 11) is 4.56. The van der Waals surface area contributed by atoms with Gasteiger partial charge in [-0.15, -0.1) is 0 Å². The molecule has 142 valence electrons. The minimum atomic E-state index is -0.470. The Bertz CT molecular complexity index is 836. The second kappa shape index (κ2) is 9.81. The van der Waals surface area contributed by atoms with Gasteiger partial charge in [0.1, 0.15) is 17.2 Å². The third kappa shape index (κ3) is 5.46. The monoisotopic (exact) mass is 371 g/mol. The van der Waals surface area contributed by atoms with Gasteiger partial charge in [0.15, 0.2) is 0 Å². The summed E-state index contributed by atoms with van der Waals surface area (Å²) in [6.07, 6.45) is 1.44. The van der Waals surface area contributed by atoms with Crippen molar-refractivity contribution in [2.75, 3.05) is 27.9 Å². The molecule has 0 saturated carbocycles. The van der Waals surface area contributed by atoms with Crippen LogP contribution < -0.4 is 25.0 Å². The van der Waals surface area contributed by atoms with Crippen LogP contribution in [0.25, 0.3) is 0 Å². The molecule has 0 aromatic heterocycles. The van der Waals surface area contributed by atoms with E-state index in [4.69, 9.17) is 14.2 Å². The highest BCUT2D eigenvalue weighted by molar-refractivity contribution is 5.98. The summed E-state index contributed by atoms with van der Waals surface area (Å²) in [6.45, 7) is -0.228. The zero-order chi connectivity index (χ0) is 19.6. The van der Waals surface area contributed by atoms with Crippen LogP contribution in [-0.2, 0) is 4.79 Å². The average Bonchev–Trinajstić information content (AvgIpc) is 2.72. The molecule has 0 bridgehead atoms. The van der Waals surface area contributed by atoms with E-state index in [1.54, 1.807) is 49.6 Å². The fourth-order valence-electron chi connectivity index (χ4n) is 2.23. The fraction of sp³-hybridized carbons (Fsp3) is 0.211. The number of hydrogen-bond acceptors (Lipinski definition) is 6. The van der Waals surface area contributed by atoms with Crippen molar-refractivity contribution in [1.82, 2.24) is 10.7 Å². The van der Waals surface area contributed by atoms with E-state index in [2.05, 4.69) is 15.8 Å². The Morgan fingerprint density at radius 3 is 2.44 bits per heavy atom. The molecule has 27 heavy (non-hydrogen) atoms. The zero-order valence-corrected chi connectivity index (χ0v) is 15.3. The molecule has 0 saturated heterocycles. The number of benzene rings is 2. The maximum Gasteiger partial charge on any atom is 0.259 e. The number of carbonyl (C=O) groups is 2. The van der Waals surface area contributed by atoms with Crippen LogP contribution in [0, 0.1) is 0 Å². The minimum Gasteiger partial charge on any atom is -0.497 e. The van der Waals surface area contributed by atoms with Gasteiger partial charge in [-0.2, -0.15) is 5.10 Å². The van der Waals surface area contributed by atoms with Crippen LogP contribution in [0.1, 0.15) is 15.9 Å². The van der Waals surface area contributed by atoms with E-state index in [9.17, 15) is 9.59 Å². The highest BCUT2D eigenvalue weighted by atomic mass is 16.5. The molecule has 0 heterocycles. The third-order valence-corrected chi connectivity index (χ3v) is 3.59. The molecule has 2 rings (SSSR count). The highest BCUT2D eigenvalue weighted by Gasteiger charge is 2.12. The van der Waals surface area contributed by atoms with Gasteiger partial charge >= 0.3 is 0 Å². The van der Waals surface area contributed by atoms with Crippen molar-refractivity contribution in [2.24, 2.45) is 5.10 Å². The minimum absolute atomic E-state index is 0.228. The number of para-hydroxylation sites is 1. The summed E-state index contributed by atoms with van der Waals surface area (Å²) in [4.78, 5) is 24.0. The molecular weight excluding hydrogens is 350 g/mol. The summed E-state index contributed by atoms with van der Waals surface area (Å²) in [6, 6.07) is 11.9. The van der Waals surface area contributed by atoms with E-state index >= 15 is 0 Å². The van der Waals surface area contributed by atoms with Crippen molar-refractivity contribution in [3.8, 4) is 17.2 Å². The first-order valence-corrected chi connectivity index (χ1v) is 8.04. The first kappa shape index (κ1) is 19.8. The normalized spacial score (nSPS) is 10.3. The molecule has 0 atom stereocenters. The summed E-state index contributed by atoms with van der Waals surface area (Å²) < 4.78 is 15.5. The Morgan fingerprint density at radius 1 is 1.00 bits per heavy atom. The van der Waals surface area contributed by atoms with Gasteiger partial charge in [0.25, 0.3) is 11.8 Å². The quantitative estimate of drug-likeness (QED) is 0.542. The first-order chi connectivity index (χ1) is 13.1. The van der Waals surface area contributed by atoms with Crippen molar-refractivity contribution < 1.29 is 23.8 Å². The number of carbonyl (C=O) groups excluding carboxylic acids is 2. The molecule has 0 aliphatic rings. The highest BCUT2D eigenvalue weighted by Crippen LogP contribution is 2.23. The van der Waals surface area contributed by atoms with Gasteiger partial charge in [-0.1, -0.05) is 12.1 Å². The van der Waals surface area contributed by atoms with Crippen LogP contribution >= 0.6 is 0 Å². The van der Waals surface area contributed by atoms with E-state index < -0.39 is 11.8 Å². The maximum atomic E-state index is 12.1. The molecule has 0 aliphatic heterocycles. The predicted molar refractivity (Wildman–Crippen MR) is 101 cm³/mol. The lowest BCUT2D eigenvalue weighted by Crippen LogP contribution is -2.35. The number of rotatable bonds is 8. The number of methoxy groups -OCH3 is 3. The van der Waals surface area contributed by atoms with Crippen LogP contribution in [0.2, 0.25) is 0 Å². The van der Waals surface area contributed by atoms with E-state index in [-0.39, 0.29) is 6.54 Å². The Balaban J connectivity index is 1.89. The molecule has 2 aromatic rings. The molecule has 8 nitrogen and oxygen atoms in total. The van der Waals surface area contributed by atoms with Gasteiger partial charge in [-0.3, -0.25) is 9.59 Å². The number of amides is 2. The fourth-order valence-corrected chi connectivity index (χ4v) is 2.23. The third-order valence-electron chi connectivity index (χ3n) is 3.59. The van der Waals surface area contributed by atoms with Gasteiger partial charge in [0.05, 0.1) is 39.7 Å². The molecule has 2 N–H and O–H groups in total. The molecule has 0 unspecified atom stereocenters. The van der Waals surface area contributed by atoms with Gasteiger partial charge in [0.2, 0.25) is 0 Å². The van der Waals surface area contributed by atoms with Crippen LogP contribution in [0.15, 0.2) is 47.6 Å². The number of ether oxygens (including phenoxy) is 3. The molecule has 2 amide bonds. The van der Waals surface area contributed by atoms with E-state index in [1.807, 2.05) is 0 Å². The molecular formula is C19H21N3O5. The molecule has 0 fully saturated rings. The van der Waals surface area contributed by atoms with Gasteiger partial charge in [-0.05, 0) is 24.3 Å². The summed E-state index contributed by atoms with van der Waals surface area (Å²) in [5, 5.41) is 6.38. The summed E-state index contributed by atoms with van der Waals surface area (Å²) in [5.41, 5.74) is 3.35. The largest absolute Gasteiger partial charge is 0.497 e. The van der Waals surface area contributed by atoms with Crippen LogP contribution in [0.3, 0.4) is 0 Å².